The van der Waals surface area contributed by atoms with E-state index in [1.54, 1.807) is 6.07 Å². The maximum Gasteiger partial charge on any atom is 0.335 e. The molecule has 5 nitrogen and oxygen atoms in total. The van der Waals surface area contributed by atoms with Crippen molar-refractivity contribution >= 4 is 11.9 Å². The Morgan fingerprint density at radius 3 is 2.62 bits per heavy atom. The molecule has 1 atom stereocenters. The molecule has 1 unspecified atom stereocenters. The molecule has 0 spiro atoms. The van der Waals surface area contributed by atoms with Crippen molar-refractivity contribution in [3.05, 3.63) is 53.7 Å². The van der Waals surface area contributed by atoms with Crippen LogP contribution in [0.3, 0.4) is 0 Å². The molecule has 2 N–H and O–H groups in total. The summed E-state index contributed by atoms with van der Waals surface area (Å²) >= 11 is 0. The number of hydrogen-bond donors (Lipinski definition) is 2. The number of nitrogens with zero attached hydrogens (tertiary/aromatic N) is 1. The van der Waals surface area contributed by atoms with E-state index in [-0.39, 0.29) is 17.5 Å². The lowest BCUT2D eigenvalue weighted by Crippen LogP contribution is -2.18. The molecule has 21 heavy (non-hydrogen) atoms. The monoisotopic (exact) mass is 282 g/mol. The highest BCUT2D eigenvalue weighted by Gasteiger charge is 2.21. The van der Waals surface area contributed by atoms with Crippen LogP contribution in [0.5, 0.6) is 0 Å². The molecule has 1 aromatic heterocycles. The minimum Gasteiger partial charge on any atom is -0.478 e. The number of aromatic carboxylic acids is 1. The van der Waals surface area contributed by atoms with E-state index in [1.807, 2.05) is 24.3 Å². The summed E-state index contributed by atoms with van der Waals surface area (Å²) in [5, 5.41) is 11.9. The second kappa shape index (κ2) is 5.36. The van der Waals surface area contributed by atoms with E-state index < -0.39 is 5.97 Å². The van der Waals surface area contributed by atoms with Crippen molar-refractivity contribution < 1.29 is 14.7 Å². The van der Waals surface area contributed by atoms with E-state index in [0.717, 1.165) is 17.5 Å². The van der Waals surface area contributed by atoms with E-state index in [2.05, 4.69) is 10.3 Å². The minimum atomic E-state index is -0.969. The SMILES string of the molecule is O=C1CCC(c2ccc(-c3cc(C(=O)O)ccn3)cc2)N1. The smallest absolute Gasteiger partial charge is 0.335 e. The molecule has 3 rings (SSSR count). The Kier molecular flexibility index (Phi) is 3.39. The zero-order chi connectivity index (χ0) is 14.8. The van der Waals surface area contributed by atoms with Crippen LogP contribution in [0.4, 0.5) is 0 Å². The van der Waals surface area contributed by atoms with Gasteiger partial charge in [0.1, 0.15) is 0 Å². The molecular weight excluding hydrogens is 268 g/mol. The third kappa shape index (κ3) is 2.76. The highest BCUT2D eigenvalue weighted by atomic mass is 16.4. The topological polar surface area (TPSA) is 79.3 Å². The fourth-order valence-corrected chi connectivity index (χ4v) is 2.47. The predicted molar refractivity (Wildman–Crippen MR) is 76.8 cm³/mol. The van der Waals surface area contributed by atoms with Crippen molar-refractivity contribution in [2.45, 2.75) is 18.9 Å². The summed E-state index contributed by atoms with van der Waals surface area (Å²) in [7, 11) is 0. The van der Waals surface area contributed by atoms with Gasteiger partial charge in [-0.05, 0) is 24.1 Å². The van der Waals surface area contributed by atoms with Gasteiger partial charge in [-0.2, -0.15) is 0 Å². The number of nitrogens with one attached hydrogen (secondary N) is 1. The molecule has 1 fully saturated rings. The molecule has 1 amide bonds. The summed E-state index contributed by atoms with van der Waals surface area (Å²) in [5.74, 6) is -0.885. The quantitative estimate of drug-likeness (QED) is 0.906. The summed E-state index contributed by atoms with van der Waals surface area (Å²) in [6.07, 6.45) is 2.86. The molecule has 2 aromatic rings. The van der Waals surface area contributed by atoms with Gasteiger partial charge in [0.05, 0.1) is 17.3 Å². The predicted octanol–water partition coefficient (Wildman–Crippen LogP) is 2.40. The lowest BCUT2D eigenvalue weighted by atomic mass is 10.0. The van der Waals surface area contributed by atoms with Gasteiger partial charge in [0.15, 0.2) is 0 Å². The van der Waals surface area contributed by atoms with Crippen LogP contribution in [0, 0.1) is 0 Å². The fraction of sp³-hybridized carbons (Fsp3) is 0.188. The molecule has 0 radical (unpaired) electrons. The molecule has 2 heterocycles. The summed E-state index contributed by atoms with van der Waals surface area (Å²) < 4.78 is 0. The number of rotatable bonds is 3. The Labute approximate surface area is 121 Å². The number of amides is 1. The third-order valence-corrected chi connectivity index (χ3v) is 3.61. The molecule has 1 saturated heterocycles. The number of carbonyl (C=O) groups is 2. The van der Waals surface area contributed by atoms with Crippen LogP contribution in [0.1, 0.15) is 34.8 Å². The van der Waals surface area contributed by atoms with Gasteiger partial charge in [0.2, 0.25) is 5.91 Å². The maximum absolute atomic E-state index is 11.2. The molecule has 1 aliphatic heterocycles. The number of carbonyl (C=O) groups excluding carboxylic acids is 1. The van der Waals surface area contributed by atoms with Crippen LogP contribution >= 0.6 is 0 Å². The standard InChI is InChI=1S/C16H14N2O3/c19-15-6-5-13(18-15)10-1-3-11(4-2-10)14-9-12(16(20)21)7-8-17-14/h1-4,7-9,13H,5-6H2,(H,18,19)(H,20,21). The molecule has 1 aliphatic rings. The van der Waals surface area contributed by atoms with Gasteiger partial charge in [-0.25, -0.2) is 4.79 Å². The number of hydrogen-bond acceptors (Lipinski definition) is 3. The third-order valence-electron chi connectivity index (χ3n) is 3.61. The van der Waals surface area contributed by atoms with Gasteiger partial charge in [-0.1, -0.05) is 24.3 Å². The maximum atomic E-state index is 11.2. The van der Waals surface area contributed by atoms with Crippen LogP contribution in [0.15, 0.2) is 42.6 Å². The first-order valence-electron chi connectivity index (χ1n) is 6.72. The molecule has 106 valence electrons. The molecule has 0 saturated carbocycles. The van der Waals surface area contributed by atoms with Gasteiger partial charge >= 0.3 is 5.97 Å². The number of aromatic nitrogens is 1. The van der Waals surface area contributed by atoms with Crippen molar-refractivity contribution in [2.24, 2.45) is 0 Å². The fourth-order valence-electron chi connectivity index (χ4n) is 2.47. The first-order valence-corrected chi connectivity index (χ1v) is 6.72. The largest absolute Gasteiger partial charge is 0.478 e. The van der Waals surface area contributed by atoms with Crippen molar-refractivity contribution in [1.82, 2.24) is 10.3 Å². The van der Waals surface area contributed by atoms with Gasteiger partial charge in [-0.15, -0.1) is 0 Å². The van der Waals surface area contributed by atoms with Gasteiger partial charge < -0.3 is 10.4 Å². The molecule has 0 aliphatic carbocycles. The minimum absolute atomic E-state index is 0.0739. The number of carboxylic acids is 1. The van der Waals surface area contributed by atoms with Crippen LogP contribution < -0.4 is 5.32 Å². The number of benzene rings is 1. The Bertz CT molecular complexity index is 695. The molecular formula is C16H14N2O3. The van der Waals surface area contributed by atoms with Gasteiger partial charge in [0.25, 0.3) is 0 Å². The van der Waals surface area contributed by atoms with E-state index >= 15 is 0 Å². The van der Waals surface area contributed by atoms with Crippen molar-refractivity contribution in [1.29, 1.82) is 0 Å². The van der Waals surface area contributed by atoms with Crippen LogP contribution in [-0.2, 0) is 4.79 Å². The Hall–Kier alpha value is -2.69. The lowest BCUT2D eigenvalue weighted by Gasteiger charge is -2.11. The summed E-state index contributed by atoms with van der Waals surface area (Å²) in [6, 6.07) is 10.8. The average Bonchev–Trinajstić information content (AvgIpc) is 2.94. The van der Waals surface area contributed by atoms with E-state index in [1.165, 1.54) is 12.3 Å². The molecule has 1 aromatic carbocycles. The highest BCUT2D eigenvalue weighted by molar-refractivity contribution is 5.88. The van der Waals surface area contributed by atoms with Crippen molar-refractivity contribution in [3.63, 3.8) is 0 Å². The Balaban J connectivity index is 1.85. The van der Waals surface area contributed by atoms with E-state index in [9.17, 15) is 9.59 Å². The molecule has 0 bridgehead atoms. The number of carboxylic acid groups (broad SMARTS) is 1. The van der Waals surface area contributed by atoms with Crippen molar-refractivity contribution in [3.8, 4) is 11.3 Å². The van der Waals surface area contributed by atoms with Gasteiger partial charge in [-0.3, -0.25) is 9.78 Å². The first kappa shape index (κ1) is 13.3. The van der Waals surface area contributed by atoms with Crippen LogP contribution in [-0.4, -0.2) is 22.0 Å². The number of pyridine rings is 1. The van der Waals surface area contributed by atoms with E-state index in [4.69, 9.17) is 5.11 Å². The lowest BCUT2D eigenvalue weighted by molar-refractivity contribution is -0.119. The zero-order valence-electron chi connectivity index (χ0n) is 11.2. The zero-order valence-corrected chi connectivity index (χ0v) is 11.2. The normalized spacial score (nSPS) is 17.5. The summed E-state index contributed by atoms with van der Waals surface area (Å²) in [5.41, 5.74) is 2.74. The second-order valence-electron chi connectivity index (χ2n) is 5.02. The molecule has 5 heteroatoms. The van der Waals surface area contributed by atoms with Crippen molar-refractivity contribution in [2.75, 3.05) is 0 Å². The summed E-state index contributed by atoms with van der Waals surface area (Å²) in [6.45, 7) is 0. The van der Waals surface area contributed by atoms with Crippen LogP contribution in [0.25, 0.3) is 11.3 Å². The van der Waals surface area contributed by atoms with Gasteiger partial charge in [0, 0.05) is 18.2 Å². The first-order chi connectivity index (χ1) is 10.1. The average molecular weight is 282 g/mol. The highest BCUT2D eigenvalue weighted by Crippen LogP contribution is 2.26. The Morgan fingerprint density at radius 2 is 2.00 bits per heavy atom. The second-order valence-corrected chi connectivity index (χ2v) is 5.02. The Morgan fingerprint density at radius 1 is 1.24 bits per heavy atom. The van der Waals surface area contributed by atoms with E-state index in [0.29, 0.717) is 12.1 Å². The summed E-state index contributed by atoms with van der Waals surface area (Å²) in [4.78, 5) is 26.4. The van der Waals surface area contributed by atoms with Crippen LogP contribution in [0.2, 0.25) is 0 Å².